The quantitative estimate of drug-likeness (QED) is 0.888. The van der Waals surface area contributed by atoms with Crippen molar-refractivity contribution in [2.24, 2.45) is 0 Å². The van der Waals surface area contributed by atoms with Gasteiger partial charge >= 0.3 is 0 Å². The van der Waals surface area contributed by atoms with Gasteiger partial charge in [0.05, 0.1) is 12.1 Å². The van der Waals surface area contributed by atoms with Crippen LogP contribution in [0.15, 0.2) is 36.4 Å². The number of aryl methyl sites for hydroxylation is 3. The molecule has 2 nitrogen and oxygen atoms in total. The lowest BCUT2D eigenvalue weighted by molar-refractivity contribution is 0.223. The van der Waals surface area contributed by atoms with Crippen LogP contribution in [-0.2, 0) is 5.54 Å². The molecular weight excluding hydrogens is 265 g/mol. The van der Waals surface area contributed by atoms with Crippen molar-refractivity contribution in [3.63, 3.8) is 0 Å². The summed E-state index contributed by atoms with van der Waals surface area (Å²) in [5, 5.41) is 13.3. The SMILES string of the molecule is Cc1cc(C)c(C(C)(CO)Nc2ccc(F)cc2)c(C)c1. The Balaban J connectivity index is 2.44. The second kappa shape index (κ2) is 5.86. The molecule has 0 amide bonds. The Morgan fingerprint density at radius 1 is 1.05 bits per heavy atom. The summed E-state index contributed by atoms with van der Waals surface area (Å²) < 4.78 is 13.0. The van der Waals surface area contributed by atoms with Crippen LogP contribution in [0.1, 0.15) is 29.2 Å². The van der Waals surface area contributed by atoms with Crippen molar-refractivity contribution in [3.8, 4) is 0 Å². The van der Waals surface area contributed by atoms with Gasteiger partial charge < -0.3 is 10.4 Å². The fourth-order valence-corrected chi connectivity index (χ4v) is 3.08. The minimum absolute atomic E-state index is 0.0465. The summed E-state index contributed by atoms with van der Waals surface area (Å²) in [6.07, 6.45) is 0. The van der Waals surface area contributed by atoms with Crippen molar-refractivity contribution in [1.82, 2.24) is 0 Å². The minimum atomic E-state index is -0.611. The van der Waals surface area contributed by atoms with Gasteiger partial charge in [-0.15, -0.1) is 0 Å². The maximum atomic E-state index is 13.0. The lowest BCUT2D eigenvalue weighted by atomic mass is 9.84. The van der Waals surface area contributed by atoms with Gasteiger partial charge in [-0.2, -0.15) is 0 Å². The van der Waals surface area contributed by atoms with E-state index in [-0.39, 0.29) is 12.4 Å². The average molecular weight is 287 g/mol. The van der Waals surface area contributed by atoms with Gasteiger partial charge in [-0.1, -0.05) is 17.7 Å². The Labute approximate surface area is 125 Å². The van der Waals surface area contributed by atoms with Crippen molar-refractivity contribution < 1.29 is 9.50 Å². The van der Waals surface area contributed by atoms with Crippen molar-refractivity contribution in [2.75, 3.05) is 11.9 Å². The van der Waals surface area contributed by atoms with Crippen LogP contribution >= 0.6 is 0 Å². The zero-order valence-electron chi connectivity index (χ0n) is 13.0. The minimum Gasteiger partial charge on any atom is -0.394 e. The molecule has 0 saturated heterocycles. The highest BCUT2D eigenvalue weighted by molar-refractivity contribution is 5.51. The van der Waals surface area contributed by atoms with E-state index in [1.807, 2.05) is 6.92 Å². The van der Waals surface area contributed by atoms with Gasteiger partial charge in [-0.3, -0.25) is 0 Å². The average Bonchev–Trinajstić information content (AvgIpc) is 2.40. The normalized spacial score (nSPS) is 13.8. The maximum absolute atomic E-state index is 13.0. The maximum Gasteiger partial charge on any atom is 0.123 e. The summed E-state index contributed by atoms with van der Waals surface area (Å²) in [7, 11) is 0. The molecule has 1 atom stereocenters. The third-order valence-corrected chi connectivity index (χ3v) is 3.81. The standard InChI is InChI=1S/C18H22FNO/c1-12-9-13(2)17(14(3)10-12)18(4,11-21)20-16-7-5-15(19)6-8-16/h5-10,20-21H,11H2,1-4H3. The van der Waals surface area contributed by atoms with Crippen molar-refractivity contribution in [2.45, 2.75) is 33.2 Å². The molecule has 2 rings (SSSR count). The van der Waals surface area contributed by atoms with Gasteiger partial charge in [0, 0.05) is 5.69 Å². The van der Waals surface area contributed by atoms with E-state index in [2.05, 4.69) is 38.2 Å². The third-order valence-electron chi connectivity index (χ3n) is 3.81. The number of rotatable bonds is 4. The van der Waals surface area contributed by atoms with Crippen LogP contribution < -0.4 is 5.32 Å². The first-order chi connectivity index (χ1) is 9.85. The predicted octanol–water partition coefficient (Wildman–Crippen LogP) is 4.07. The second-order valence-electron chi connectivity index (χ2n) is 5.90. The van der Waals surface area contributed by atoms with Crippen molar-refractivity contribution in [3.05, 3.63) is 64.5 Å². The molecule has 2 aromatic carbocycles. The molecule has 0 radical (unpaired) electrons. The summed E-state index contributed by atoms with van der Waals surface area (Å²) >= 11 is 0. The Morgan fingerprint density at radius 2 is 1.57 bits per heavy atom. The van der Waals surface area contributed by atoms with Crippen LogP contribution in [0, 0.1) is 26.6 Å². The summed E-state index contributed by atoms with van der Waals surface area (Å²) in [4.78, 5) is 0. The van der Waals surface area contributed by atoms with E-state index in [0.717, 1.165) is 22.4 Å². The molecule has 1 unspecified atom stereocenters. The van der Waals surface area contributed by atoms with E-state index in [1.165, 1.54) is 17.7 Å². The number of nitrogens with one attached hydrogen (secondary N) is 1. The first kappa shape index (κ1) is 15.5. The largest absolute Gasteiger partial charge is 0.394 e. The Kier molecular flexibility index (Phi) is 4.33. The van der Waals surface area contributed by atoms with Crippen LogP contribution in [0.25, 0.3) is 0 Å². The van der Waals surface area contributed by atoms with Crippen molar-refractivity contribution in [1.29, 1.82) is 0 Å². The fourth-order valence-electron chi connectivity index (χ4n) is 3.08. The molecule has 112 valence electrons. The van der Waals surface area contributed by atoms with Gasteiger partial charge in [0.2, 0.25) is 0 Å². The number of hydrogen-bond acceptors (Lipinski definition) is 2. The lowest BCUT2D eigenvalue weighted by Gasteiger charge is -2.33. The first-order valence-corrected chi connectivity index (χ1v) is 7.08. The molecule has 2 aromatic rings. The van der Waals surface area contributed by atoms with E-state index in [4.69, 9.17) is 0 Å². The van der Waals surface area contributed by atoms with Crippen LogP contribution in [0.2, 0.25) is 0 Å². The monoisotopic (exact) mass is 287 g/mol. The summed E-state index contributed by atoms with van der Waals surface area (Å²) in [6.45, 7) is 8.08. The highest BCUT2D eigenvalue weighted by atomic mass is 19.1. The molecule has 0 aromatic heterocycles. The third kappa shape index (κ3) is 3.24. The molecule has 0 bridgehead atoms. The molecule has 0 heterocycles. The summed E-state index contributed by atoms with van der Waals surface area (Å²) in [5.74, 6) is -0.269. The summed E-state index contributed by atoms with van der Waals surface area (Å²) in [5.41, 5.74) is 4.74. The molecule has 3 heteroatoms. The van der Waals surface area contributed by atoms with Crippen LogP contribution in [0.5, 0.6) is 0 Å². The highest BCUT2D eigenvalue weighted by Gasteiger charge is 2.29. The predicted molar refractivity (Wildman–Crippen MR) is 85.1 cm³/mol. The zero-order valence-corrected chi connectivity index (χ0v) is 13.0. The number of aliphatic hydroxyl groups excluding tert-OH is 1. The molecule has 2 N–H and O–H groups in total. The molecular formula is C18H22FNO. The highest BCUT2D eigenvalue weighted by Crippen LogP contribution is 2.31. The molecule has 0 aliphatic heterocycles. The summed E-state index contributed by atoms with van der Waals surface area (Å²) in [6, 6.07) is 10.4. The Hall–Kier alpha value is -1.87. The van der Waals surface area contributed by atoms with Crippen LogP contribution in [0.3, 0.4) is 0 Å². The van der Waals surface area contributed by atoms with E-state index in [9.17, 15) is 9.50 Å². The van der Waals surface area contributed by atoms with E-state index < -0.39 is 5.54 Å². The van der Waals surface area contributed by atoms with Crippen molar-refractivity contribution >= 4 is 5.69 Å². The van der Waals surface area contributed by atoms with Gasteiger partial charge in [0.1, 0.15) is 5.82 Å². The van der Waals surface area contributed by atoms with E-state index in [1.54, 1.807) is 12.1 Å². The Morgan fingerprint density at radius 3 is 2.05 bits per heavy atom. The molecule has 0 saturated carbocycles. The number of halogens is 1. The number of anilines is 1. The number of benzene rings is 2. The second-order valence-corrected chi connectivity index (χ2v) is 5.90. The number of hydrogen-bond donors (Lipinski definition) is 2. The molecule has 0 aliphatic carbocycles. The van der Waals surface area contributed by atoms with Gasteiger partial charge in [-0.05, 0) is 68.7 Å². The number of aliphatic hydroxyl groups is 1. The van der Waals surface area contributed by atoms with Gasteiger partial charge in [0.15, 0.2) is 0 Å². The molecule has 0 spiro atoms. The van der Waals surface area contributed by atoms with Gasteiger partial charge in [-0.25, -0.2) is 4.39 Å². The molecule has 21 heavy (non-hydrogen) atoms. The lowest BCUT2D eigenvalue weighted by Crippen LogP contribution is -2.37. The smallest absolute Gasteiger partial charge is 0.123 e. The zero-order chi connectivity index (χ0) is 15.6. The van der Waals surface area contributed by atoms with E-state index >= 15 is 0 Å². The Bertz CT molecular complexity index is 613. The van der Waals surface area contributed by atoms with Crippen LogP contribution in [-0.4, -0.2) is 11.7 Å². The van der Waals surface area contributed by atoms with Crippen LogP contribution in [0.4, 0.5) is 10.1 Å². The van der Waals surface area contributed by atoms with E-state index in [0.29, 0.717) is 0 Å². The van der Waals surface area contributed by atoms with Gasteiger partial charge in [0.25, 0.3) is 0 Å². The molecule has 0 aliphatic rings. The fraction of sp³-hybridized carbons (Fsp3) is 0.333. The first-order valence-electron chi connectivity index (χ1n) is 7.08. The molecule has 0 fully saturated rings. The topological polar surface area (TPSA) is 32.3 Å².